The van der Waals surface area contributed by atoms with E-state index in [0.717, 1.165) is 22.0 Å². The molecule has 3 rings (SSSR count). The van der Waals surface area contributed by atoms with Gasteiger partial charge < -0.3 is 4.52 Å². The van der Waals surface area contributed by atoms with Crippen LogP contribution in [-0.4, -0.2) is 22.1 Å². The summed E-state index contributed by atoms with van der Waals surface area (Å²) in [6.07, 6.45) is 0. The Morgan fingerprint density at radius 1 is 1.32 bits per heavy atom. The van der Waals surface area contributed by atoms with Crippen LogP contribution in [0.3, 0.4) is 0 Å². The van der Waals surface area contributed by atoms with Crippen LogP contribution in [0.2, 0.25) is 5.02 Å². The molecule has 0 aliphatic carbocycles. The first-order valence-electron chi connectivity index (χ1n) is 6.95. The van der Waals surface area contributed by atoms with E-state index in [0.29, 0.717) is 11.7 Å². The Labute approximate surface area is 138 Å². The van der Waals surface area contributed by atoms with E-state index in [1.54, 1.807) is 11.3 Å². The van der Waals surface area contributed by atoms with Crippen molar-refractivity contribution in [2.24, 2.45) is 0 Å². The van der Waals surface area contributed by atoms with Crippen LogP contribution < -0.4 is 0 Å². The van der Waals surface area contributed by atoms with E-state index in [1.165, 1.54) is 0 Å². The van der Waals surface area contributed by atoms with Gasteiger partial charge >= 0.3 is 0 Å². The zero-order valence-corrected chi connectivity index (χ0v) is 13.9. The van der Waals surface area contributed by atoms with Crippen molar-refractivity contribution >= 4 is 22.9 Å². The first-order valence-corrected chi connectivity index (χ1v) is 8.21. The van der Waals surface area contributed by atoms with Gasteiger partial charge in [0, 0.05) is 11.6 Å². The molecule has 0 unspecified atom stereocenters. The maximum atomic E-state index is 6.03. The summed E-state index contributed by atoms with van der Waals surface area (Å²) in [5.74, 6) is 1.26. The number of nitrogens with zero attached hydrogens (tertiary/aromatic N) is 3. The average molecular weight is 334 g/mol. The van der Waals surface area contributed by atoms with Gasteiger partial charge in [0.25, 0.3) is 0 Å². The predicted octanol–water partition coefficient (Wildman–Crippen LogP) is 4.64. The minimum absolute atomic E-state index is 0.0280. The third kappa shape index (κ3) is 3.38. The van der Waals surface area contributed by atoms with E-state index >= 15 is 0 Å². The molecule has 0 aliphatic heterocycles. The zero-order chi connectivity index (χ0) is 15.5. The second-order valence-electron chi connectivity index (χ2n) is 5.15. The lowest BCUT2D eigenvalue weighted by Crippen LogP contribution is -2.22. The number of aromatic nitrogens is 2. The summed E-state index contributed by atoms with van der Waals surface area (Å²) in [6.45, 7) is 2.81. The maximum Gasteiger partial charge on any atom is 0.244 e. The fraction of sp³-hybridized carbons (Fsp3) is 0.250. The van der Waals surface area contributed by atoms with Crippen molar-refractivity contribution in [1.82, 2.24) is 15.0 Å². The Morgan fingerprint density at radius 2 is 2.18 bits per heavy atom. The number of hydrogen-bond donors (Lipinski definition) is 0. The molecule has 0 fully saturated rings. The Morgan fingerprint density at radius 3 is 2.91 bits per heavy atom. The Balaban J connectivity index is 1.72. The first kappa shape index (κ1) is 15.2. The molecule has 4 nitrogen and oxygen atoms in total. The summed E-state index contributed by atoms with van der Waals surface area (Å²) >= 11 is 7.63. The molecule has 0 bridgehead atoms. The lowest BCUT2D eigenvalue weighted by Gasteiger charge is -2.21. The van der Waals surface area contributed by atoms with Gasteiger partial charge in [-0.25, -0.2) is 0 Å². The van der Waals surface area contributed by atoms with E-state index in [9.17, 15) is 0 Å². The quantitative estimate of drug-likeness (QED) is 0.682. The van der Waals surface area contributed by atoms with Crippen LogP contribution in [0.25, 0.3) is 10.7 Å². The Hall–Kier alpha value is -1.69. The van der Waals surface area contributed by atoms with Crippen molar-refractivity contribution in [2.75, 3.05) is 7.05 Å². The first-order chi connectivity index (χ1) is 10.6. The number of thiophene rings is 1. The van der Waals surface area contributed by atoms with Gasteiger partial charge in [0.2, 0.25) is 11.7 Å². The molecule has 1 aromatic carbocycles. The third-order valence-electron chi connectivity index (χ3n) is 3.52. The Kier molecular flexibility index (Phi) is 4.57. The van der Waals surface area contributed by atoms with Crippen molar-refractivity contribution in [3.8, 4) is 10.7 Å². The molecule has 0 spiro atoms. The highest BCUT2D eigenvalue weighted by atomic mass is 35.5. The molecule has 3 aromatic rings. The van der Waals surface area contributed by atoms with Crippen LogP contribution in [-0.2, 0) is 6.54 Å². The minimum Gasteiger partial charge on any atom is -0.337 e. The van der Waals surface area contributed by atoms with Crippen molar-refractivity contribution in [1.29, 1.82) is 0 Å². The molecule has 2 heterocycles. The number of rotatable bonds is 5. The standard InChI is InChI=1S/C16H16ClN3OS/c1-11(20(2)10-12-5-3-6-13(17)9-12)16-18-15(19-21-16)14-7-4-8-22-14/h3-9,11H,10H2,1-2H3/t11-/m0/s1. The number of hydrogen-bond acceptors (Lipinski definition) is 5. The second-order valence-corrected chi connectivity index (χ2v) is 6.54. The third-order valence-corrected chi connectivity index (χ3v) is 4.62. The molecule has 0 radical (unpaired) electrons. The number of benzene rings is 1. The molecule has 0 N–H and O–H groups in total. The Bertz CT molecular complexity index is 741. The van der Waals surface area contributed by atoms with E-state index < -0.39 is 0 Å². The van der Waals surface area contributed by atoms with Gasteiger partial charge in [0.05, 0.1) is 10.9 Å². The van der Waals surface area contributed by atoms with Gasteiger partial charge in [0.1, 0.15) is 0 Å². The lowest BCUT2D eigenvalue weighted by molar-refractivity contribution is 0.202. The zero-order valence-electron chi connectivity index (χ0n) is 12.4. The summed E-state index contributed by atoms with van der Waals surface area (Å²) in [5.41, 5.74) is 1.15. The van der Waals surface area contributed by atoms with Gasteiger partial charge in [-0.3, -0.25) is 4.90 Å². The fourth-order valence-electron chi connectivity index (χ4n) is 2.16. The van der Waals surface area contributed by atoms with Gasteiger partial charge in [-0.05, 0) is 43.1 Å². The molecule has 114 valence electrons. The van der Waals surface area contributed by atoms with Crippen molar-refractivity contribution in [3.63, 3.8) is 0 Å². The van der Waals surface area contributed by atoms with Crippen LogP contribution in [0.1, 0.15) is 24.4 Å². The highest BCUT2D eigenvalue weighted by molar-refractivity contribution is 7.13. The van der Waals surface area contributed by atoms with E-state index in [2.05, 4.69) is 28.0 Å². The predicted molar refractivity (Wildman–Crippen MR) is 88.9 cm³/mol. The van der Waals surface area contributed by atoms with E-state index in [1.807, 2.05) is 42.8 Å². The fourth-order valence-corrected chi connectivity index (χ4v) is 3.02. The van der Waals surface area contributed by atoms with Crippen LogP contribution >= 0.6 is 22.9 Å². The smallest absolute Gasteiger partial charge is 0.244 e. The topological polar surface area (TPSA) is 42.2 Å². The summed E-state index contributed by atoms with van der Waals surface area (Å²) < 4.78 is 5.41. The van der Waals surface area contributed by atoms with Gasteiger partial charge in [-0.15, -0.1) is 11.3 Å². The van der Waals surface area contributed by atoms with Crippen molar-refractivity contribution in [2.45, 2.75) is 19.5 Å². The molecular weight excluding hydrogens is 318 g/mol. The van der Waals surface area contributed by atoms with Crippen LogP contribution in [0.15, 0.2) is 46.3 Å². The molecule has 0 amide bonds. The van der Waals surface area contributed by atoms with Gasteiger partial charge in [-0.2, -0.15) is 4.98 Å². The number of halogens is 1. The summed E-state index contributed by atoms with van der Waals surface area (Å²) in [5, 5.41) is 6.81. The summed E-state index contributed by atoms with van der Waals surface area (Å²) in [7, 11) is 2.03. The summed E-state index contributed by atoms with van der Waals surface area (Å²) in [4.78, 5) is 7.66. The highest BCUT2D eigenvalue weighted by Crippen LogP contribution is 2.25. The lowest BCUT2D eigenvalue weighted by atomic mass is 10.2. The maximum absolute atomic E-state index is 6.03. The minimum atomic E-state index is 0.0280. The monoisotopic (exact) mass is 333 g/mol. The largest absolute Gasteiger partial charge is 0.337 e. The molecule has 1 atom stereocenters. The van der Waals surface area contributed by atoms with Crippen molar-refractivity contribution < 1.29 is 4.52 Å². The molecule has 0 saturated carbocycles. The van der Waals surface area contributed by atoms with Gasteiger partial charge in [0.15, 0.2) is 0 Å². The van der Waals surface area contributed by atoms with E-state index in [-0.39, 0.29) is 6.04 Å². The summed E-state index contributed by atoms with van der Waals surface area (Å²) in [6, 6.07) is 11.8. The van der Waals surface area contributed by atoms with E-state index in [4.69, 9.17) is 16.1 Å². The van der Waals surface area contributed by atoms with Crippen molar-refractivity contribution in [3.05, 3.63) is 58.3 Å². The normalized spacial score (nSPS) is 12.7. The average Bonchev–Trinajstić information content (AvgIpc) is 3.17. The van der Waals surface area contributed by atoms with Crippen LogP contribution in [0.5, 0.6) is 0 Å². The SMILES string of the molecule is C[C@@H](c1nc(-c2cccs2)no1)N(C)Cc1cccc(Cl)c1. The molecule has 6 heteroatoms. The highest BCUT2D eigenvalue weighted by Gasteiger charge is 2.19. The van der Waals surface area contributed by atoms with Crippen LogP contribution in [0.4, 0.5) is 0 Å². The van der Waals surface area contributed by atoms with Gasteiger partial charge in [-0.1, -0.05) is 35.0 Å². The molecular formula is C16H16ClN3OS. The van der Waals surface area contributed by atoms with Crippen LogP contribution in [0, 0.1) is 0 Å². The molecule has 0 aliphatic rings. The molecule has 22 heavy (non-hydrogen) atoms. The molecule has 0 saturated heterocycles. The second kappa shape index (κ2) is 6.60. The molecule has 2 aromatic heterocycles.